The first-order chi connectivity index (χ1) is 12.1. The largest absolute Gasteiger partial charge is 0.462 e. The number of carbonyl (C=O) groups is 2. The standard InChI is InChI=1S/C20H27NO4S/c1-7-24-19(23)17(26-15-11-9-8-10-12-15)14-13-16(21(5)6)18(22)25-20(2,3)4/h8-14H,7H2,1-6H3/b16-13-,17-14-. The summed E-state index contributed by atoms with van der Waals surface area (Å²) in [5.41, 5.74) is -0.256. The molecule has 0 saturated heterocycles. The number of ether oxygens (including phenoxy) is 2. The predicted molar refractivity (Wildman–Crippen MR) is 105 cm³/mol. The van der Waals surface area contributed by atoms with Gasteiger partial charge < -0.3 is 14.4 Å². The highest BCUT2D eigenvalue weighted by Crippen LogP contribution is 2.27. The lowest BCUT2D eigenvalue weighted by Crippen LogP contribution is -2.29. The van der Waals surface area contributed by atoms with Crippen LogP contribution in [0.5, 0.6) is 0 Å². The Balaban J connectivity index is 3.15. The van der Waals surface area contributed by atoms with Gasteiger partial charge in [0.25, 0.3) is 0 Å². The molecule has 0 aliphatic heterocycles. The third-order valence-electron chi connectivity index (χ3n) is 2.93. The van der Waals surface area contributed by atoms with Gasteiger partial charge in [0.1, 0.15) is 11.3 Å². The lowest BCUT2D eigenvalue weighted by Gasteiger charge is -2.23. The van der Waals surface area contributed by atoms with Gasteiger partial charge in [-0.25, -0.2) is 9.59 Å². The molecule has 0 saturated carbocycles. The van der Waals surface area contributed by atoms with Crippen LogP contribution in [0.2, 0.25) is 0 Å². The van der Waals surface area contributed by atoms with Crippen LogP contribution in [-0.4, -0.2) is 43.1 Å². The molecule has 0 radical (unpaired) electrons. The maximum atomic E-state index is 12.4. The molecular weight excluding hydrogens is 350 g/mol. The number of hydrogen-bond donors (Lipinski definition) is 0. The van der Waals surface area contributed by atoms with Gasteiger partial charge in [0.05, 0.1) is 11.5 Å². The van der Waals surface area contributed by atoms with Crippen molar-refractivity contribution >= 4 is 23.7 Å². The van der Waals surface area contributed by atoms with E-state index >= 15 is 0 Å². The van der Waals surface area contributed by atoms with Gasteiger partial charge in [-0.2, -0.15) is 0 Å². The maximum Gasteiger partial charge on any atom is 0.355 e. The van der Waals surface area contributed by atoms with Gasteiger partial charge >= 0.3 is 11.9 Å². The zero-order valence-electron chi connectivity index (χ0n) is 16.2. The van der Waals surface area contributed by atoms with Crippen molar-refractivity contribution in [2.45, 2.75) is 38.2 Å². The molecule has 0 aliphatic rings. The Kier molecular flexibility index (Phi) is 8.45. The van der Waals surface area contributed by atoms with E-state index in [0.717, 1.165) is 4.90 Å². The number of thioether (sulfide) groups is 1. The minimum atomic E-state index is -0.599. The fourth-order valence-electron chi connectivity index (χ4n) is 1.85. The fraction of sp³-hybridized carbons (Fsp3) is 0.400. The van der Waals surface area contributed by atoms with Crippen LogP contribution < -0.4 is 0 Å². The average molecular weight is 378 g/mol. The molecule has 0 fully saturated rings. The van der Waals surface area contributed by atoms with Crippen molar-refractivity contribution in [2.24, 2.45) is 0 Å². The van der Waals surface area contributed by atoms with E-state index in [4.69, 9.17) is 9.47 Å². The third kappa shape index (κ3) is 7.78. The van der Waals surface area contributed by atoms with Crippen molar-refractivity contribution in [3.8, 4) is 0 Å². The summed E-state index contributed by atoms with van der Waals surface area (Å²) in [5, 5.41) is 0. The Bertz CT molecular complexity index is 673. The molecule has 0 aliphatic carbocycles. The van der Waals surface area contributed by atoms with Crippen molar-refractivity contribution in [2.75, 3.05) is 20.7 Å². The smallest absolute Gasteiger partial charge is 0.355 e. The molecule has 0 bridgehead atoms. The summed E-state index contributed by atoms with van der Waals surface area (Å²) in [6.45, 7) is 7.46. The van der Waals surface area contributed by atoms with Gasteiger partial charge in [0.2, 0.25) is 0 Å². The number of benzene rings is 1. The Morgan fingerprint density at radius 1 is 1.08 bits per heavy atom. The number of allylic oxidation sites excluding steroid dienone is 2. The number of esters is 2. The summed E-state index contributed by atoms with van der Waals surface area (Å²) in [6.07, 6.45) is 3.17. The van der Waals surface area contributed by atoms with Gasteiger partial charge in [-0.3, -0.25) is 0 Å². The second-order valence-corrected chi connectivity index (χ2v) is 7.73. The van der Waals surface area contributed by atoms with Crippen molar-refractivity contribution in [1.82, 2.24) is 4.90 Å². The molecule has 0 atom stereocenters. The molecule has 0 aromatic heterocycles. The van der Waals surface area contributed by atoms with Gasteiger partial charge in [-0.1, -0.05) is 30.0 Å². The van der Waals surface area contributed by atoms with E-state index in [1.165, 1.54) is 11.8 Å². The van der Waals surface area contributed by atoms with Crippen LogP contribution in [0.3, 0.4) is 0 Å². The minimum absolute atomic E-state index is 0.280. The molecule has 0 N–H and O–H groups in total. The van der Waals surface area contributed by atoms with Crippen LogP contribution in [0.25, 0.3) is 0 Å². The molecule has 1 rings (SSSR count). The van der Waals surface area contributed by atoms with Gasteiger partial charge in [-0.05, 0) is 52.0 Å². The monoisotopic (exact) mass is 377 g/mol. The summed E-state index contributed by atoms with van der Waals surface area (Å²) in [4.78, 5) is 27.6. The Morgan fingerprint density at radius 3 is 2.19 bits per heavy atom. The van der Waals surface area contributed by atoms with Crippen molar-refractivity contribution in [1.29, 1.82) is 0 Å². The Hall–Kier alpha value is -2.21. The second-order valence-electron chi connectivity index (χ2n) is 6.61. The van der Waals surface area contributed by atoms with Gasteiger partial charge in [-0.15, -0.1) is 0 Å². The average Bonchev–Trinajstić information content (AvgIpc) is 2.53. The number of carbonyl (C=O) groups excluding carboxylic acids is 2. The van der Waals surface area contributed by atoms with E-state index < -0.39 is 17.5 Å². The first kappa shape index (κ1) is 21.8. The number of rotatable bonds is 7. The first-order valence-electron chi connectivity index (χ1n) is 8.36. The second kappa shape index (κ2) is 10.1. The van der Waals surface area contributed by atoms with Crippen molar-refractivity contribution in [3.05, 3.63) is 53.1 Å². The van der Waals surface area contributed by atoms with Crippen LogP contribution in [-0.2, 0) is 19.1 Å². The van der Waals surface area contributed by atoms with Crippen LogP contribution >= 0.6 is 11.8 Å². The van der Waals surface area contributed by atoms with Gasteiger partial charge in [0, 0.05) is 19.0 Å². The van der Waals surface area contributed by atoms with E-state index in [2.05, 4.69) is 0 Å². The molecule has 0 spiro atoms. The Morgan fingerprint density at radius 2 is 1.69 bits per heavy atom. The van der Waals surface area contributed by atoms with E-state index in [-0.39, 0.29) is 6.61 Å². The SMILES string of the molecule is CCOC(=O)/C(=C/C=C(/C(=O)OC(C)(C)C)N(C)C)Sc1ccccc1. The minimum Gasteiger partial charge on any atom is -0.462 e. The molecule has 0 unspecified atom stereocenters. The number of likely N-dealkylation sites (N-methyl/N-ethyl adjacent to an activating group) is 1. The van der Waals surface area contributed by atoms with Crippen LogP contribution in [0.1, 0.15) is 27.7 Å². The quantitative estimate of drug-likeness (QED) is 0.310. The highest BCUT2D eigenvalue weighted by atomic mass is 32.2. The summed E-state index contributed by atoms with van der Waals surface area (Å²) in [6, 6.07) is 9.51. The van der Waals surface area contributed by atoms with E-state index in [9.17, 15) is 9.59 Å². The molecule has 1 aromatic rings. The zero-order chi connectivity index (χ0) is 19.7. The lowest BCUT2D eigenvalue weighted by atomic mass is 10.2. The van der Waals surface area contributed by atoms with Crippen LogP contribution in [0, 0.1) is 0 Å². The number of nitrogens with zero attached hydrogens (tertiary/aromatic N) is 1. The molecule has 0 heterocycles. The molecular formula is C20H27NO4S. The fourth-order valence-corrected chi connectivity index (χ4v) is 2.67. The van der Waals surface area contributed by atoms with E-state index in [0.29, 0.717) is 10.6 Å². The third-order valence-corrected chi connectivity index (χ3v) is 3.96. The molecule has 26 heavy (non-hydrogen) atoms. The molecule has 1 aromatic carbocycles. The topological polar surface area (TPSA) is 55.8 Å². The first-order valence-corrected chi connectivity index (χ1v) is 9.18. The predicted octanol–water partition coefficient (Wildman–Crippen LogP) is 4.01. The van der Waals surface area contributed by atoms with Crippen molar-refractivity contribution < 1.29 is 19.1 Å². The summed E-state index contributed by atoms with van der Waals surface area (Å²) in [5.74, 6) is -0.883. The normalized spacial score (nSPS) is 12.5. The lowest BCUT2D eigenvalue weighted by molar-refractivity contribution is -0.151. The summed E-state index contributed by atoms with van der Waals surface area (Å²) >= 11 is 1.29. The van der Waals surface area contributed by atoms with E-state index in [1.54, 1.807) is 38.1 Å². The molecule has 6 heteroatoms. The maximum absolute atomic E-state index is 12.4. The summed E-state index contributed by atoms with van der Waals surface area (Å²) < 4.78 is 10.5. The van der Waals surface area contributed by atoms with E-state index in [1.807, 2.05) is 51.1 Å². The highest BCUT2D eigenvalue weighted by molar-refractivity contribution is 8.04. The van der Waals surface area contributed by atoms with Gasteiger partial charge in [0.15, 0.2) is 0 Å². The molecule has 0 amide bonds. The molecule has 142 valence electrons. The van der Waals surface area contributed by atoms with Crippen LogP contribution in [0.4, 0.5) is 0 Å². The summed E-state index contributed by atoms with van der Waals surface area (Å²) in [7, 11) is 3.50. The van der Waals surface area contributed by atoms with Crippen LogP contribution in [0.15, 0.2) is 58.0 Å². The zero-order valence-corrected chi connectivity index (χ0v) is 17.1. The number of hydrogen-bond acceptors (Lipinski definition) is 6. The molecule has 5 nitrogen and oxygen atoms in total. The van der Waals surface area contributed by atoms with Crippen molar-refractivity contribution in [3.63, 3.8) is 0 Å². The Labute approximate surface area is 160 Å². The highest BCUT2D eigenvalue weighted by Gasteiger charge is 2.21.